The highest BCUT2D eigenvalue weighted by molar-refractivity contribution is 7.86. The SMILES string of the molecule is CCCCS(=O)(=O)OF.CCc1nccn1C. The van der Waals surface area contributed by atoms with Crippen LogP contribution >= 0.6 is 0 Å². The average molecular weight is 266 g/mol. The minimum Gasteiger partial charge on any atom is -0.338 e. The van der Waals surface area contributed by atoms with E-state index in [0.717, 1.165) is 12.2 Å². The number of hydrogen-bond acceptors (Lipinski definition) is 4. The van der Waals surface area contributed by atoms with Gasteiger partial charge in [-0.15, -0.1) is 0 Å². The molecule has 0 unspecified atom stereocenters. The van der Waals surface area contributed by atoms with E-state index in [1.165, 1.54) is 0 Å². The second-order valence-corrected chi connectivity index (χ2v) is 5.14. The standard InChI is InChI=1S/C6H10N2.C4H9FO3S/c1-3-6-7-4-5-8(6)2;1-2-3-4-9(6,7)8-5/h4-5H,3H2,1-2H3;2-4H2,1H3. The Hall–Kier alpha value is -0.950. The van der Waals surface area contributed by atoms with Crippen LogP contribution in [0, 0.1) is 0 Å². The van der Waals surface area contributed by atoms with Gasteiger partial charge < -0.3 is 4.57 Å². The van der Waals surface area contributed by atoms with E-state index in [4.69, 9.17) is 0 Å². The summed E-state index contributed by atoms with van der Waals surface area (Å²) in [6, 6.07) is 0. The molecule has 0 radical (unpaired) electrons. The Balaban J connectivity index is 0.000000302. The van der Waals surface area contributed by atoms with Crippen molar-refractivity contribution < 1.29 is 17.3 Å². The molecule has 0 aliphatic carbocycles. The lowest BCUT2D eigenvalue weighted by molar-refractivity contribution is 0.00290. The van der Waals surface area contributed by atoms with Crippen molar-refractivity contribution >= 4 is 10.1 Å². The zero-order valence-electron chi connectivity index (χ0n) is 10.4. The number of nitrogens with zero attached hydrogens (tertiary/aromatic N) is 2. The fraction of sp³-hybridized carbons (Fsp3) is 0.700. The summed E-state index contributed by atoms with van der Waals surface area (Å²) in [5.41, 5.74) is 0. The monoisotopic (exact) mass is 266 g/mol. The predicted molar refractivity (Wildman–Crippen MR) is 63.5 cm³/mol. The van der Waals surface area contributed by atoms with E-state index in [0.29, 0.717) is 12.8 Å². The quantitative estimate of drug-likeness (QED) is 0.817. The molecule has 0 saturated carbocycles. The number of imidazole rings is 1. The van der Waals surface area contributed by atoms with Gasteiger partial charge in [0.25, 0.3) is 10.1 Å². The molecule has 7 heteroatoms. The van der Waals surface area contributed by atoms with Crippen LogP contribution in [0.25, 0.3) is 0 Å². The maximum Gasteiger partial charge on any atom is 0.297 e. The lowest BCUT2D eigenvalue weighted by Gasteiger charge is -1.92. The number of rotatable bonds is 5. The highest BCUT2D eigenvalue weighted by Gasteiger charge is 2.08. The van der Waals surface area contributed by atoms with Gasteiger partial charge in [-0.05, 0) is 10.9 Å². The van der Waals surface area contributed by atoms with Crippen molar-refractivity contribution in [3.63, 3.8) is 0 Å². The molecule has 0 aromatic carbocycles. The maximum atomic E-state index is 11.0. The Kier molecular flexibility index (Phi) is 7.73. The van der Waals surface area contributed by atoms with Crippen LogP contribution in [0.1, 0.15) is 32.5 Å². The number of unbranched alkanes of at least 4 members (excludes halogenated alkanes) is 1. The van der Waals surface area contributed by atoms with E-state index in [-0.39, 0.29) is 5.75 Å². The van der Waals surface area contributed by atoms with E-state index in [9.17, 15) is 12.9 Å². The molecular weight excluding hydrogens is 247 g/mol. The van der Waals surface area contributed by atoms with Crippen LogP contribution in [-0.4, -0.2) is 23.7 Å². The molecule has 1 aromatic rings. The topological polar surface area (TPSA) is 61.2 Å². The Morgan fingerprint density at radius 1 is 1.47 bits per heavy atom. The smallest absolute Gasteiger partial charge is 0.297 e. The Bertz CT molecular complexity index is 403. The molecule has 1 heterocycles. The van der Waals surface area contributed by atoms with Gasteiger partial charge in [0.05, 0.1) is 5.75 Å². The van der Waals surface area contributed by atoms with E-state index >= 15 is 0 Å². The van der Waals surface area contributed by atoms with E-state index in [1.807, 2.05) is 30.9 Å². The molecule has 0 N–H and O–H groups in total. The van der Waals surface area contributed by atoms with Crippen molar-refractivity contribution in [1.82, 2.24) is 9.55 Å². The first kappa shape index (κ1) is 16.1. The molecule has 100 valence electrons. The van der Waals surface area contributed by atoms with Gasteiger partial charge >= 0.3 is 0 Å². The van der Waals surface area contributed by atoms with Gasteiger partial charge in [-0.25, -0.2) is 4.98 Å². The molecule has 0 bridgehead atoms. The van der Waals surface area contributed by atoms with Crippen molar-refractivity contribution in [2.45, 2.75) is 33.1 Å². The molecule has 0 atom stereocenters. The van der Waals surface area contributed by atoms with E-state index < -0.39 is 10.1 Å². The van der Waals surface area contributed by atoms with Gasteiger partial charge in [-0.2, -0.15) is 8.42 Å². The van der Waals surface area contributed by atoms with Gasteiger partial charge in [0, 0.05) is 25.9 Å². The van der Waals surface area contributed by atoms with E-state index in [1.54, 1.807) is 0 Å². The first-order chi connectivity index (χ1) is 7.96. The maximum absolute atomic E-state index is 11.0. The van der Waals surface area contributed by atoms with Crippen LogP contribution in [0.4, 0.5) is 4.53 Å². The minimum atomic E-state index is -3.85. The summed E-state index contributed by atoms with van der Waals surface area (Å²) in [6.45, 7) is 3.91. The van der Waals surface area contributed by atoms with Gasteiger partial charge in [0.1, 0.15) is 5.82 Å². The summed E-state index contributed by atoms with van der Waals surface area (Å²) < 4.78 is 36.1. The van der Waals surface area contributed by atoms with Crippen LogP contribution in [-0.2, 0) is 28.0 Å². The third-order valence-electron chi connectivity index (χ3n) is 2.08. The molecule has 1 aromatic heterocycles. The number of aryl methyl sites for hydroxylation is 2. The molecule has 0 amide bonds. The van der Waals surface area contributed by atoms with Crippen molar-refractivity contribution in [3.8, 4) is 0 Å². The summed E-state index contributed by atoms with van der Waals surface area (Å²) >= 11 is 0. The second-order valence-electron chi connectivity index (χ2n) is 3.49. The number of hydrogen-bond donors (Lipinski definition) is 0. The first-order valence-electron chi connectivity index (χ1n) is 5.45. The molecule has 17 heavy (non-hydrogen) atoms. The second kappa shape index (κ2) is 8.19. The summed E-state index contributed by atoms with van der Waals surface area (Å²) in [6.07, 6.45) is 5.94. The zero-order chi connectivity index (χ0) is 13.3. The molecule has 0 saturated heterocycles. The third-order valence-corrected chi connectivity index (χ3v) is 3.06. The summed E-state index contributed by atoms with van der Waals surface area (Å²) in [5, 5.41) is 0. The summed E-state index contributed by atoms with van der Waals surface area (Å²) in [5.74, 6) is 0.907. The highest BCUT2D eigenvalue weighted by Crippen LogP contribution is 1.98. The summed E-state index contributed by atoms with van der Waals surface area (Å²) in [7, 11) is -1.84. The molecule has 0 aliphatic heterocycles. The average Bonchev–Trinajstić information content (AvgIpc) is 2.73. The van der Waals surface area contributed by atoms with Gasteiger partial charge in [-0.1, -0.05) is 24.7 Å². The van der Waals surface area contributed by atoms with Crippen molar-refractivity contribution in [3.05, 3.63) is 18.2 Å². The predicted octanol–water partition coefficient (Wildman–Crippen LogP) is 2.00. The van der Waals surface area contributed by atoms with Crippen molar-refractivity contribution in [1.29, 1.82) is 0 Å². The van der Waals surface area contributed by atoms with Gasteiger partial charge in [-0.3, -0.25) is 0 Å². The third kappa shape index (κ3) is 7.06. The molecule has 5 nitrogen and oxygen atoms in total. The minimum absolute atomic E-state index is 0.236. The zero-order valence-corrected chi connectivity index (χ0v) is 11.2. The fourth-order valence-electron chi connectivity index (χ4n) is 1.09. The fourth-order valence-corrected chi connectivity index (χ4v) is 1.79. The number of aromatic nitrogens is 2. The van der Waals surface area contributed by atoms with Crippen LogP contribution < -0.4 is 0 Å². The largest absolute Gasteiger partial charge is 0.338 e. The summed E-state index contributed by atoms with van der Waals surface area (Å²) in [4.78, 5) is 4.10. The van der Waals surface area contributed by atoms with Gasteiger partial charge in [0.2, 0.25) is 0 Å². The molecular formula is C10H19FN2O3S. The Labute approximate surface area is 102 Å². The van der Waals surface area contributed by atoms with Crippen molar-refractivity contribution in [2.24, 2.45) is 7.05 Å². The number of halogens is 1. The molecule has 0 spiro atoms. The Morgan fingerprint density at radius 2 is 2.12 bits per heavy atom. The van der Waals surface area contributed by atoms with Crippen LogP contribution in [0.15, 0.2) is 12.4 Å². The Morgan fingerprint density at radius 3 is 2.41 bits per heavy atom. The van der Waals surface area contributed by atoms with Crippen LogP contribution in [0.5, 0.6) is 0 Å². The lowest BCUT2D eigenvalue weighted by Crippen LogP contribution is -2.04. The molecule has 0 fully saturated rings. The van der Waals surface area contributed by atoms with Crippen molar-refractivity contribution in [2.75, 3.05) is 5.75 Å². The van der Waals surface area contributed by atoms with Crippen LogP contribution in [0.3, 0.4) is 0 Å². The lowest BCUT2D eigenvalue weighted by atomic mass is 10.4. The molecule has 1 rings (SSSR count). The normalized spacial score (nSPS) is 10.8. The molecule has 0 aliphatic rings. The van der Waals surface area contributed by atoms with Gasteiger partial charge in [0.15, 0.2) is 0 Å². The van der Waals surface area contributed by atoms with Crippen LogP contribution in [0.2, 0.25) is 0 Å². The highest BCUT2D eigenvalue weighted by atomic mass is 32.2. The first-order valence-corrected chi connectivity index (χ1v) is 7.03. The van der Waals surface area contributed by atoms with E-state index in [2.05, 4.69) is 16.3 Å².